The van der Waals surface area contributed by atoms with Gasteiger partial charge < -0.3 is 10.6 Å². The molecular weight excluding hydrogens is 757 g/mol. The average molecular weight is 786 g/mol. The lowest BCUT2D eigenvalue weighted by Crippen LogP contribution is -2.70. The summed E-state index contributed by atoms with van der Waals surface area (Å²) in [5, 5.41) is 6.86. The van der Waals surface area contributed by atoms with E-state index >= 15 is 0 Å². The highest BCUT2D eigenvalue weighted by molar-refractivity contribution is 6.31. The molecule has 2 fully saturated rings. The fraction of sp³-hybridized carbons (Fsp3) is 0.0909. The molecule has 0 radical (unpaired) electrons. The lowest BCUT2D eigenvalue weighted by molar-refractivity contribution is -0.139. The highest BCUT2D eigenvalue weighted by atomic mass is 35.5. The van der Waals surface area contributed by atoms with E-state index in [4.69, 9.17) is 23.2 Å². The molecule has 2 saturated heterocycles. The molecule has 12 heteroatoms. The Hall–Kier alpha value is -6.36. The van der Waals surface area contributed by atoms with Gasteiger partial charge in [0, 0.05) is 43.9 Å². The number of rotatable bonds is 4. The van der Waals surface area contributed by atoms with Crippen molar-refractivity contribution in [3.05, 3.63) is 190 Å². The molecule has 0 aliphatic carbocycles. The van der Waals surface area contributed by atoms with Gasteiger partial charge in [0.05, 0.1) is 0 Å². The van der Waals surface area contributed by atoms with Gasteiger partial charge in [-0.25, -0.2) is 8.78 Å². The summed E-state index contributed by atoms with van der Waals surface area (Å²) in [6.45, 7) is 0. The van der Waals surface area contributed by atoms with Crippen LogP contribution < -0.4 is 20.4 Å². The largest absolute Gasteiger partial charge is 0.323 e. The van der Waals surface area contributed by atoms with Gasteiger partial charge in [0.25, 0.3) is 11.8 Å². The molecule has 56 heavy (non-hydrogen) atoms. The van der Waals surface area contributed by atoms with Gasteiger partial charge in [0.2, 0.25) is 11.8 Å². The highest BCUT2D eigenvalue weighted by Gasteiger charge is 2.71. The summed E-state index contributed by atoms with van der Waals surface area (Å²) >= 11 is 12.0. The minimum Gasteiger partial charge on any atom is -0.323 e. The third-order valence-electron chi connectivity index (χ3n) is 10.9. The molecule has 0 bridgehead atoms. The van der Waals surface area contributed by atoms with Crippen LogP contribution in [0.25, 0.3) is 0 Å². The molecule has 6 aromatic rings. The zero-order chi connectivity index (χ0) is 38.9. The Kier molecular flexibility index (Phi) is 8.30. The molecule has 2 N–H and O–H groups in total. The summed E-state index contributed by atoms with van der Waals surface area (Å²) in [4.78, 5) is 55.9. The molecule has 276 valence electrons. The lowest BCUT2D eigenvalue weighted by Gasteiger charge is -2.54. The average Bonchev–Trinajstić information content (AvgIpc) is 3.66. The molecule has 6 aromatic carbocycles. The third kappa shape index (κ3) is 5.02. The van der Waals surface area contributed by atoms with Crippen LogP contribution in [0.3, 0.4) is 0 Å². The third-order valence-corrected chi connectivity index (χ3v) is 11.4. The van der Waals surface area contributed by atoms with Gasteiger partial charge in [-0.1, -0.05) is 96.0 Å². The van der Waals surface area contributed by atoms with E-state index in [2.05, 4.69) is 10.6 Å². The van der Waals surface area contributed by atoms with Crippen LogP contribution in [0.4, 0.5) is 31.5 Å². The van der Waals surface area contributed by atoms with E-state index in [1.54, 1.807) is 72.8 Å². The first-order valence-corrected chi connectivity index (χ1v) is 18.3. The quantitative estimate of drug-likeness (QED) is 0.175. The van der Waals surface area contributed by atoms with E-state index in [0.717, 1.165) is 0 Å². The molecule has 4 heterocycles. The van der Waals surface area contributed by atoms with Crippen molar-refractivity contribution in [1.29, 1.82) is 0 Å². The van der Waals surface area contributed by atoms with E-state index in [-0.39, 0.29) is 23.6 Å². The minimum absolute atomic E-state index is 0.264. The Morgan fingerprint density at radius 1 is 0.482 bits per heavy atom. The van der Waals surface area contributed by atoms with Crippen molar-refractivity contribution in [1.82, 2.24) is 0 Å². The van der Waals surface area contributed by atoms with Crippen molar-refractivity contribution in [3.8, 4) is 0 Å². The second-order valence-corrected chi connectivity index (χ2v) is 14.7. The summed E-state index contributed by atoms with van der Waals surface area (Å²) in [5.74, 6) is -3.54. The number of β-lactam (4-membered cyclic amide) rings is 2. The van der Waals surface area contributed by atoms with Crippen LogP contribution in [0.15, 0.2) is 146 Å². The number of halogens is 4. The van der Waals surface area contributed by atoms with Gasteiger partial charge in [-0.15, -0.1) is 0 Å². The Bertz CT molecular complexity index is 2440. The van der Waals surface area contributed by atoms with Crippen LogP contribution in [0, 0.1) is 11.6 Å². The van der Waals surface area contributed by atoms with Crippen molar-refractivity contribution in [2.24, 2.45) is 0 Å². The first-order chi connectivity index (χ1) is 27.1. The summed E-state index contributed by atoms with van der Waals surface area (Å²) in [6.07, 6.45) is 0. The fourth-order valence-electron chi connectivity index (χ4n) is 8.61. The van der Waals surface area contributed by atoms with Gasteiger partial charge >= 0.3 is 0 Å². The number of nitrogens with one attached hydrogen (secondary N) is 2. The smallest absolute Gasteiger partial charge is 0.256 e. The van der Waals surface area contributed by atoms with E-state index < -0.39 is 34.5 Å². The maximum absolute atomic E-state index is 13.9. The van der Waals surface area contributed by atoms with Crippen LogP contribution in [-0.2, 0) is 30.3 Å². The van der Waals surface area contributed by atoms with E-state index in [1.165, 1.54) is 46.2 Å². The minimum atomic E-state index is -1.27. The molecule has 0 unspecified atom stereocenters. The van der Waals surface area contributed by atoms with Gasteiger partial charge in [-0.3, -0.25) is 29.0 Å². The van der Waals surface area contributed by atoms with Crippen LogP contribution in [0.5, 0.6) is 0 Å². The maximum atomic E-state index is 13.9. The Morgan fingerprint density at radius 2 is 0.857 bits per heavy atom. The van der Waals surface area contributed by atoms with Crippen LogP contribution >= 0.6 is 23.2 Å². The summed E-state index contributed by atoms with van der Waals surface area (Å²) < 4.78 is 27.8. The van der Waals surface area contributed by atoms with Crippen LogP contribution in [0.1, 0.15) is 34.1 Å². The Balaban J connectivity index is 0.000000146. The molecule has 4 atom stereocenters. The number of nitrogens with zero attached hydrogens (tertiary/aromatic N) is 2. The number of carbonyl (C=O) groups is 4. The first kappa shape index (κ1) is 35.3. The molecule has 10 rings (SSSR count). The van der Waals surface area contributed by atoms with E-state index in [9.17, 15) is 28.0 Å². The second-order valence-electron chi connectivity index (χ2n) is 13.8. The summed E-state index contributed by atoms with van der Waals surface area (Å²) in [5.41, 5.74) is 2.24. The van der Waals surface area contributed by atoms with Crippen molar-refractivity contribution < 1.29 is 28.0 Å². The SMILES string of the molecule is O=C1[C@@H](c2ccc(Cl)cc2)[C@]2(C(=O)Nc3ccccc32)N1c1cccc(F)c1.O=C1[C@H](c2ccc(Cl)cc2)[C@@]2(C(=O)Nc3ccccc32)N1c1cccc(F)c1. The van der Waals surface area contributed by atoms with Crippen molar-refractivity contribution in [2.75, 3.05) is 20.4 Å². The number of hydrogen-bond acceptors (Lipinski definition) is 4. The van der Waals surface area contributed by atoms with Gasteiger partial charge in [-0.2, -0.15) is 0 Å². The van der Waals surface area contributed by atoms with Crippen molar-refractivity contribution in [2.45, 2.75) is 22.9 Å². The summed E-state index contributed by atoms with van der Waals surface area (Å²) in [6, 6.07) is 39.8. The predicted octanol–water partition coefficient (Wildman–Crippen LogP) is 8.91. The molecule has 4 amide bonds. The molecule has 4 aliphatic heterocycles. The number of fused-ring (bicyclic) bond motifs is 4. The number of carbonyl (C=O) groups excluding carboxylic acids is 4. The van der Waals surface area contributed by atoms with Crippen LogP contribution in [-0.4, -0.2) is 23.6 Å². The monoisotopic (exact) mass is 784 g/mol. The van der Waals surface area contributed by atoms with Crippen LogP contribution in [0.2, 0.25) is 10.0 Å². The topological polar surface area (TPSA) is 98.8 Å². The Morgan fingerprint density at radius 3 is 1.23 bits per heavy atom. The first-order valence-electron chi connectivity index (χ1n) is 17.6. The maximum Gasteiger partial charge on any atom is 0.256 e. The van der Waals surface area contributed by atoms with Gasteiger partial charge in [0.1, 0.15) is 23.5 Å². The second kappa shape index (κ2) is 13.1. The van der Waals surface area contributed by atoms with Crippen molar-refractivity contribution >= 4 is 69.6 Å². The zero-order valence-electron chi connectivity index (χ0n) is 29.1. The highest BCUT2D eigenvalue weighted by Crippen LogP contribution is 2.60. The standard InChI is InChI=1S/2C22H14ClFN2O2/c2*23-14-10-8-13(9-11-14)19-20(27)26(16-5-3-4-15(24)12-16)22(19)17-6-1-2-7-18(17)25-21(22)28/h2*1-12,19H,(H,25,28)/t2*19-,22-/m10/s1. The molecule has 8 nitrogen and oxygen atoms in total. The molecule has 0 aromatic heterocycles. The molecule has 2 spiro atoms. The zero-order valence-corrected chi connectivity index (χ0v) is 30.6. The number of anilines is 4. The number of amides is 4. The van der Waals surface area contributed by atoms with E-state index in [0.29, 0.717) is 55.0 Å². The fourth-order valence-corrected chi connectivity index (χ4v) is 8.86. The molecule has 0 saturated carbocycles. The van der Waals surface area contributed by atoms with Gasteiger partial charge in [0.15, 0.2) is 11.1 Å². The van der Waals surface area contributed by atoms with E-state index in [1.807, 2.05) is 36.4 Å². The predicted molar refractivity (Wildman–Crippen MR) is 210 cm³/mol. The lowest BCUT2D eigenvalue weighted by atomic mass is 9.66. The van der Waals surface area contributed by atoms with Gasteiger partial charge in [-0.05, 0) is 83.9 Å². The molecule has 4 aliphatic rings. The van der Waals surface area contributed by atoms with Crippen molar-refractivity contribution in [3.63, 3.8) is 0 Å². The normalized spacial score (nSPS) is 22.8. The Labute approximate surface area is 329 Å². The number of para-hydroxylation sites is 2. The number of hydrogen-bond donors (Lipinski definition) is 2. The molecular formula is C44H28Cl2F2N4O4. The summed E-state index contributed by atoms with van der Waals surface area (Å²) in [7, 11) is 0. The number of benzene rings is 6.